The number of nitrogens with two attached hydrogens (primary N) is 1. The van der Waals surface area contributed by atoms with Gasteiger partial charge in [-0.3, -0.25) is 9.59 Å². The molecule has 0 radical (unpaired) electrons. The summed E-state index contributed by atoms with van der Waals surface area (Å²) < 4.78 is -0.673. The van der Waals surface area contributed by atoms with Crippen LogP contribution in [0.1, 0.15) is 52.1 Å². The van der Waals surface area contributed by atoms with Crippen molar-refractivity contribution in [2.24, 2.45) is 11.1 Å². The van der Waals surface area contributed by atoms with Crippen LogP contribution in [-0.4, -0.2) is 66.8 Å². The molecule has 174 valence electrons. The van der Waals surface area contributed by atoms with Gasteiger partial charge in [-0.1, -0.05) is 12.1 Å². The fourth-order valence-electron chi connectivity index (χ4n) is 4.42. The lowest BCUT2D eigenvalue weighted by atomic mass is 9.89. The van der Waals surface area contributed by atoms with Gasteiger partial charge in [0.1, 0.15) is 29.3 Å². The summed E-state index contributed by atoms with van der Waals surface area (Å²) in [5.74, 6) is -1.43. The Morgan fingerprint density at radius 1 is 1.34 bits per heavy atom. The zero-order chi connectivity index (χ0) is 23.2. The number of nitrogen functional groups attached to an aromatic ring is 1. The summed E-state index contributed by atoms with van der Waals surface area (Å²) in [6.45, 7) is 5.77. The van der Waals surface area contributed by atoms with E-state index < -0.39 is 40.0 Å². The average molecular weight is 482 g/mol. The van der Waals surface area contributed by atoms with Crippen molar-refractivity contribution >= 4 is 51.7 Å². The first-order valence-electron chi connectivity index (χ1n) is 10.6. The van der Waals surface area contributed by atoms with E-state index in [0.717, 1.165) is 25.7 Å². The molecular weight excluding hydrogens is 454 g/mol. The molecule has 3 fully saturated rings. The lowest BCUT2D eigenvalue weighted by Crippen LogP contribution is -2.71. The van der Waals surface area contributed by atoms with Crippen LogP contribution < -0.4 is 11.1 Å². The van der Waals surface area contributed by atoms with Gasteiger partial charge in [0.15, 0.2) is 10.8 Å². The number of carbonyl (C=O) groups is 3. The van der Waals surface area contributed by atoms with Crippen molar-refractivity contribution in [3.63, 3.8) is 0 Å². The Hall–Kier alpha value is -2.34. The van der Waals surface area contributed by atoms with Crippen molar-refractivity contribution in [3.8, 4) is 0 Å². The number of carbonyl (C=O) groups excluding carboxylic acids is 2. The molecule has 2 amide bonds. The molecule has 0 spiro atoms. The van der Waals surface area contributed by atoms with Crippen molar-refractivity contribution < 1.29 is 24.3 Å². The first kappa shape index (κ1) is 22.8. The molecule has 2 aliphatic heterocycles. The minimum absolute atomic E-state index is 0.0418. The Balaban J connectivity index is 1.49. The van der Waals surface area contributed by atoms with Gasteiger partial charge in [-0.15, -0.1) is 23.1 Å². The van der Waals surface area contributed by atoms with Crippen LogP contribution in [0.4, 0.5) is 5.13 Å². The highest BCUT2D eigenvalue weighted by Gasteiger charge is 2.64. The molecule has 1 aromatic heterocycles. The quantitative estimate of drug-likeness (QED) is 0.316. The lowest BCUT2D eigenvalue weighted by molar-refractivity contribution is -0.160. The Morgan fingerprint density at radius 2 is 2.03 bits per heavy atom. The zero-order valence-corrected chi connectivity index (χ0v) is 19.7. The first-order valence-corrected chi connectivity index (χ1v) is 12.3. The minimum Gasteiger partial charge on any atom is -0.480 e. The number of anilines is 1. The second kappa shape index (κ2) is 8.54. The third-order valence-electron chi connectivity index (χ3n) is 6.20. The van der Waals surface area contributed by atoms with Crippen LogP contribution in [0, 0.1) is 5.92 Å². The van der Waals surface area contributed by atoms with E-state index in [4.69, 9.17) is 10.6 Å². The number of fused-ring (bicyclic) bond motifs is 1. The van der Waals surface area contributed by atoms with E-state index in [1.807, 2.05) is 0 Å². The van der Waals surface area contributed by atoms with Gasteiger partial charge in [0.2, 0.25) is 5.91 Å². The van der Waals surface area contributed by atoms with Gasteiger partial charge >= 0.3 is 5.97 Å². The minimum atomic E-state index is -1.06. The van der Waals surface area contributed by atoms with E-state index in [1.54, 1.807) is 19.2 Å². The Morgan fingerprint density at radius 3 is 2.62 bits per heavy atom. The molecule has 4 rings (SSSR count). The highest BCUT2D eigenvalue weighted by atomic mass is 32.2. The maximum absolute atomic E-state index is 13.1. The van der Waals surface area contributed by atoms with Crippen LogP contribution >= 0.6 is 23.1 Å². The standard InChI is InChI=1S/C20H27N5O5S2/c1-9-4-6-10(7-5-9)30-24-12(11-8-31-19(21)22-11)15(26)23-13-16(27)25-14(18(28)29)20(2,3)32-17(13)25/h8-10,13-14,17H,4-7H2,1-3H3,(H2,21,22)(H,23,26)(H,28,29)/t9?,10?,13-,14-,17+/m0/s1. The van der Waals surface area contributed by atoms with Gasteiger partial charge in [-0.2, -0.15) is 0 Å². The second-order valence-corrected chi connectivity index (χ2v) is 11.7. The van der Waals surface area contributed by atoms with Crippen LogP contribution in [0.25, 0.3) is 0 Å². The van der Waals surface area contributed by atoms with Crippen LogP contribution in [0.5, 0.6) is 0 Å². The van der Waals surface area contributed by atoms with Crippen molar-refractivity contribution in [1.29, 1.82) is 0 Å². The molecule has 3 aliphatic rings. The molecule has 2 saturated heterocycles. The lowest BCUT2D eigenvalue weighted by Gasteiger charge is -2.43. The van der Waals surface area contributed by atoms with Gasteiger partial charge in [0, 0.05) is 10.1 Å². The second-order valence-electron chi connectivity index (χ2n) is 9.05. The van der Waals surface area contributed by atoms with Gasteiger partial charge < -0.3 is 25.9 Å². The number of aromatic nitrogens is 1. The van der Waals surface area contributed by atoms with Gasteiger partial charge in [0.25, 0.3) is 5.91 Å². The number of oxime groups is 1. The van der Waals surface area contributed by atoms with Crippen LogP contribution in [0.15, 0.2) is 10.5 Å². The number of thioether (sulfide) groups is 1. The number of nitrogens with one attached hydrogen (secondary N) is 1. The van der Waals surface area contributed by atoms with E-state index >= 15 is 0 Å². The average Bonchev–Trinajstić information content (AvgIpc) is 3.26. The number of nitrogens with zero attached hydrogens (tertiary/aromatic N) is 3. The molecule has 1 aromatic rings. The molecule has 3 heterocycles. The number of β-lactam (4-membered cyclic amide) rings is 1. The van der Waals surface area contributed by atoms with Gasteiger partial charge in [-0.05, 0) is 45.4 Å². The molecule has 4 N–H and O–H groups in total. The number of amides is 2. The van der Waals surface area contributed by atoms with Crippen molar-refractivity contribution in [3.05, 3.63) is 11.1 Å². The first-order chi connectivity index (χ1) is 15.1. The number of aliphatic carboxylic acids is 1. The molecule has 10 nitrogen and oxygen atoms in total. The summed E-state index contributed by atoms with van der Waals surface area (Å²) in [6.07, 6.45) is 3.72. The summed E-state index contributed by atoms with van der Waals surface area (Å²) in [5.41, 5.74) is 5.97. The van der Waals surface area contributed by atoms with Crippen LogP contribution in [0.3, 0.4) is 0 Å². The third-order valence-corrected chi connectivity index (χ3v) is 8.44. The van der Waals surface area contributed by atoms with Gasteiger partial charge in [-0.25, -0.2) is 9.78 Å². The summed E-state index contributed by atoms with van der Waals surface area (Å²) in [6, 6.07) is -1.78. The highest BCUT2D eigenvalue weighted by molar-refractivity contribution is 8.01. The van der Waals surface area contributed by atoms with E-state index in [1.165, 1.54) is 28.0 Å². The largest absolute Gasteiger partial charge is 0.480 e. The fraction of sp³-hybridized carbons (Fsp3) is 0.650. The molecular formula is C20H27N5O5S2. The molecule has 1 aliphatic carbocycles. The number of rotatable bonds is 6. The van der Waals surface area contributed by atoms with E-state index in [2.05, 4.69) is 22.4 Å². The Labute approximate surface area is 193 Å². The summed E-state index contributed by atoms with van der Waals surface area (Å²) >= 11 is 2.54. The molecule has 0 bridgehead atoms. The SMILES string of the molecule is CC1CCC(ON=C(C(=O)N[C@H]2C(=O)N3[C@@H]2SC(C)(C)[C@@H]3C(=O)O)c2csc(N)n2)CC1. The Kier molecular flexibility index (Phi) is 6.10. The number of carboxylic acid groups (broad SMARTS) is 1. The van der Waals surface area contributed by atoms with Crippen LogP contribution in [0.2, 0.25) is 0 Å². The predicted octanol–water partition coefficient (Wildman–Crippen LogP) is 1.66. The maximum Gasteiger partial charge on any atom is 0.327 e. The Bertz CT molecular complexity index is 956. The third kappa shape index (κ3) is 4.17. The molecule has 1 saturated carbocycles. The monoisotopic (exact) mass is 481 g/mol. The summed E-state index contributed by atoms with van der Waals surface area (Å²) in [7, 11) is 0. The molecule has 3 atom stereocenters. The van der Waals surface area contributed by atoms with Crippen molar-refractivity contribution in [2.45, 2.75) is 74.8 Å². The van der Waals surface area contributed by atoms with Crippen molar-refractivity contribution in [2.75, 3.05) is 5.73 Å². The molecule has 0 unspecified atom stereocenters. The normalized spacial score (nSPS) is 31.6. The van der Waals surface area contributed by atoms with E-state index in [0.29, 0.717) is 5.92 Å². The summed E-state index contributed by atoms with van der Waals surface area (Å²) in [4.78, 5) is 48.6. The molecule has 32 heavy (non-hydrogen) atoms. The van der Waals surface area contributed by atoms with E-state index in [-0.39, 0.29) is 22.6 Å². The fourth-order valence-corrected chi connectivity index (χ4v) is 6.59. The van der Waals surface area contributed by atoms with E-state index in [9.17, 15) is 19.5 Å². The summed E-state index contributed by atoms with van der Waals surface area (Å²) in [5, 5.41) is 17.8. The highest BCUT2D eigenvalue weighted by Crippen LogP contribution is 2.50. The molecule has 0 aromatic carbocycles. The topological polar surface area (TPSA) is 147 Å². The molecule has 12 heteroatoms. The van der Waals surface area contributed by atoms with Crippen LogP contribution in [-0.2, 0) is 19.2 Å². The number of hydrogen-bond donors (Lipinski definition) is 3. The van der Waals surface area contributed by atoms with Crippen molar-refractivity contribution in [1.82, 2.24) is 15.2 Å². The number of carboxylic acids is 1. The maximum atomic E-state index is 13.1. The predicted molar refractivity (Wildman–Crippen MR) is 121 cm³/mol. The number of thiazole rings is 1. The smallest absolute Gasteiger partial charge is 0.327 e. The van der Waals surface area contributed by atoms with Gasteiger partial charge in [0.05, 0.1) is 0 Å². The number of hydrogen-bond acceptors (Lipinski definition) is 9. The zero-order valence-electron chi connectivity index (χ0n) is 18.1.